The molecule has 1 fully saturated rings. The summed E-state index contributed by atoms with van der Waals surface area (Å²) in [5, 5.41) is 29.5. The van der Waals surface area contributed by atoms with Crippen LogP contribution < -0.4 is 8.92 Å². The number of aliphatic hydroxyl groups is 2. The molecular formula is C24H26F3NO7S. The Morgan fingerprint density at radius 2 is 1.86 bits per heavy atom. The van der Waals surface area contributed by atoms with E-state index in [0.29, 0.717) is 28.0 Å². The van der Waals surface area contributed by atoms with E-state index in [4.69, 9.17) is 9.47 Å². The van der Waals surface area contributed by atoms with Crippen LogP contribution in [0.1, 0.15) is 55.0 Å². The normalized spacial score (nSPS) is 20.7. The number of ether oxygens (including phenoxy) is 2. The number of hydrogen-bond acceptors (Lipinski definition) is 8. The zero-order valence-electron chi connectivity index (χ0n) is 19.5. The predicted molar refractivity (Wildman–Crippen MR) is 122 cm³/mol. The minimum atomic E-state index is -5.79. The summed E-state index contributed by atoms with van der Waals surface area (Å²) < 4.78 is 76.0. The summed E-state index contributed by atoms with van der Waals surface area (Å²) >= 11 is 0. The summed E-state index contributed by atoms with van der Waals surface area (Å²) in [5.41, 5.74) is -3.53. The Bertz CT molecular complexity index is 1210. The van der Waals surface area contributed by atoms with Crippen LogP contribution in [-0.4, -0.2) is 49.1 Å². The van der Waals surface area contributed by atoms with Gasteiger partial charge in [0.05, 0.1) is 42.7 Å². The van der Waals surface area contributed by atoms with Gasteiger partial charge in [-0.05, 0) is 55.7 Å². The Labute approximate surface area is 207 Å². The Morgan fingerprint density at radius 3 is 2.42 bits per heavy atom. The number of alkyl halides is 3. The highest BCUT2D eigenvalue weighted by Crippen LogP contribution is 2.39. The Kier molecular flexibility index (Phi) is 8.51. The van der Waals surface area contributed by atoms with Gasteiger partial charge in [0, 0.05) is 18.4 Å². The molecule has 36 heavy (non-hydrogen) atoms. The lowest BCUT2D eigenvalue weighted by Gasteiger charge is -2.33. The molecule has 8 nitrogen and oxygen atoms in total. The molecule has 0 aromatic heterocycles. The van der Waals surface area contributed by atoms with Crippen molar-refractivity contribution in [2.24, 2.45) is 0 Å². The van der Waals surface area contributed by atoms with Crippen molar-refractivity contribution in [3.63, 3.8) is 0 Å². The van der Waals surface area contributed by atoms with Crippen molar-refractivity contribution in [2.75, 3.05) is 6.61 Å². The minimum Gasteiger partial charge on any atom is -0.491 e. The molecule has 0 saturated carbocycles. The number of halogens is 3. The minimum absolute atomic E-state index is 0.183. The summed E-state index contributed by atoms with van der Waals surface area (Å²) in [4.78, 5) is 0. The second-order valence-electron chi connectivity index (χ2n) is 8.68. The zero-order chi connectivity index (χ0) is 26.7. The van der Waals surface area contributed by atoms with E-state index in [2.05, 4.69) is 10.3 Å². The number of nitrogens with zero attached hydrogens (tertiary/aromatic N) is 1. The van der Waals surface area contributed by atoms with E-state index in [1.54, 1.807) is 12.1 Å². The third-order valence-electron chi connectivity index (χ3n) is 5.45. The zero-order valence-corrected chi connectivity index (χ0v) is 20.3. The molecular weight excluding hydrogens is 503 g/mol. The van der Waals surface area contributed by atoms with Crippen LogP contribution in [0.4, 0.5) is 13.2 Å². The Morgan fingerprint density at radius 1 is 1.19 bits per heavy atom. The molecule has 0 spiro atoms. The van der Waals surface area contributed by atoms with Crippen LogP contribution >= 0.6 is 0 Å². The third kappa shape index (κ3) is 6.67. The lowest BCUT2D eigenvalue weighted by Crippen LogP contribution is -2.33. The van der Waals surface area contributed by atoms with Crippen molar-refractivity contribution in [3.8, 4) is 17.6 Å². The smallest absolute Gasteiger partial charge is 0.491 e. The molecule has 2 aromatic carbocycles. The molecule has 1 aliphatic heterocycles. The second kappa shape index (κ2) is 11.0. The van der Waals surface area contributed by atoms with Gasteiger partial charge in [-0.2, -0.15) is 26.9 Å². The predicted octanol–water partition coefficient (Wildman–Crippen LogP) is 3.74. The molecule has 1 saturated heterocycles. The highest BCUT2D eigenvalue weighted by Gasteiger charge is 2.48. The van der Waals surface area contributed by atoms with Gasteiger partial charge in [0.2, 0.25) is 0 Å². The van der Waals surface area contributed by atoms with Gasteiger partial charge in [0.15, 0.2) is 0 Å². The van der Waals surface area contributed by atoms with Gasteiger partial charge in [-0.3, -0.25) is 0 Å². The maximum absolute atomic E-state index is 12.5. The van der Waals surface area contributed by atoms with Gasteiger partial charge in [0.1, 0.15) is 11.5 Å². The fraction of sp³-hybridized carbons (Fsp3) is 0.458. The molecule has 2 aromatic rings. The summed E-state index contributed by atoms with van der Waals surface area (Å²) in [7, 11) is -5.79. The van der Waals surface area contributed by atoms with E-state index < -0.39 is 39.7 Å². The molecule has 3 rings (SSSR count). The molecule has 1 aliphatic rings. The van der Waals surface area contributed by atoms with Gasteiger partial charge >= 0.3 is 15.6 Å². The van der Waals surface area contributed by atoms with E-state index in [9.17, 15) is 37.1 Å². The molecule has 0 aliphatic carbocycles. The lowest BCUT2D eigenvalue weighted by molar-refractivity contribution is -0.114. The summed E-state index contributed by atoms with van der Waals surface area (Å²) in [5.74, 6) is -0.0974. The molecule has 12 heteroatoms. The van der Waals surface area contributed by atoms with Crippen molar-refractivity contribution < 1.29 is 45.5 Å². The number of aliphatic hydroxyl groups excluding tert-OH is 2. The van der Waals surface area contributed by atoms with Crippen LogP contribution in [0.25, 0.3) is 0 Å². The van der Waals surface area contributed by atoms with Crippen LogP contribution in [-0.2, 0) is 21.3 Å². The summed E-state index contributed by atoms with van der Waals surface area (Å²) in [6.45, 7) is 3.37. The fourth-order valence-corrected chi connectivity index (χ4v) is 4.33. The molecule has 2 N–H and O–H groups in total. The van der Waals surface area contributed by atoms with Gasteiger partial charge in [-0.15, -0.1) is 0 Å². The van der Waals surface area contributed by atoms with Crippen molar-refractivity contribution in [2.45, 2.75) is 63.0 Å². The van der Waals surface area contributed by atoms with E-state index in [0.717, 1.165) is 12.1 Å². The maximum atomic E-state index is 12.5. The van der Waals surface area contributed by atoms with E-state index in [1.165, 1.54) is 12.1 Å². The third-order valence-corrected chi connectivity index (χ3v) is 6.43. The van der Waals surface area contributed by atoms with E-state index in [-0.39, 0.29) is 32.0 Å². The van der Waals surface area contributed by atoms with Gasteiger partial charge in [0.25, 0.3) is 0 Å². The van der Waals surface area contributed by atoms with E-state index >= 15 is 0 Å². The Hall–Kier alpha value is -2.85. The number of rotatable bonds is 8. The average Bonchev–Trinajstić information content (AvgIpc) is 2.79. The summed E-state index contributed by atoms with van der Waals surface area (Å²) in [6, 6.07) is 10.4. The molecule has 0 amide bonds. The quantitative estimate of drug-likeness (QED) is 0.391. The molecule has 3 unspecified atom stereocenters. The lowest BCUT2D eigenvalue weighted by atomic mass is 9.91. The van der Waals surface area contributed by atoms with Gasteiger partial charge < -0.3 is 23.9 Å². The summed E-state index contributed by atoms with van der Waals surface area (Å²) in [6.07, 6.45) is -1.36. The van der Waals surface area contributed by atoms with Crippen LogP contribution in [0.2, 0.25) is 0 Å². The SMILES string of the molecule is CC(C)Oc1cc(C#N)c(Cc2ccc(OS(=O)(=O)C(F)(F)F)cc2)cc1C1CC(O)CC(CO)O1. The number of benzene rings is 2. The van der Waals surface area contributed by atoms with Gasteiger partial charge in [-0.25, -0.2) is 0 Å². The first kappa shape index (κ1) is 27.7. The molecule has 1 heterocycles. The fourth-order valence-electron chi connectivity index (χ4n) is 3.87. The number of nitriles is 1. The topological polar surface area (TPSA) is 126 Å². The monoisotopic (exact) mass is 529 g/mol. The van der Waals surface area contributed by atoms with Crippen LogP contribution in [0.15, 0.2) is 36.4 Å². The van der Waals surface area contributed by atoms with Crippen LogP contribution in [0.5, 0.6) is 11.5 Å². The maximum Gasteiger partial charge on any atom is 0.534 e. The highest BCUT2D eigenvalue weighted by molar-refractivity contribution is 7.88. The Balaban J connectivity index is 1.93. The molecule has 0 radical (unpaired) electrons. The van der Waals surface area contributed by atoms with Crippen LogP contribution in [0, 0.1) is 11.3 Å². The highest BCUT2D eigenvalue weighted by atomic mass is 32.2. The second-order valence-corrected chi connectivity index (χ2v) is 10.2. The molecule has 0 bridgehead atoms. The standard InChI is InChI=1S/C24H26F3NO7S/c1-14(2)33-22-9-17(12-28)16(8-21(22)23-11-18(30)10-20(13-29)34-23)7-15-3-5-19(6-4-15)35-36(31,32)24(25,26)27/h3-6,8-9,14,18,20,23,29-30H,7,10-11,13H2,1-2H3. The molecule has 196 valence electrons. The first-order chi connectivity index (χ1) is 16.8. The first-order valence-corrected chi connectivity index (χ1v) is 12.5. The van der Waals surface area contributed by atoms with E-state index in [1.807, 2.05) is 13.8 Å². The number of hydrogen-bond donors (Lipinski definition) is 2. The van der Waals surface area contributed by atoms with Crippen molar-refractivity contribution in [1.82, 2.24) is 0 Å². The van der Waals surface area contributed by atoms with Crippen LogP contribution in [0.3, 0.4) is 0 Å². The average molecular weight is 530 g/mol. The van der Waals surface area contributed by atoms with Crippen molar-refractivity contribution in [3.05, 3.63) is 58.7 Å². The van der Waals surface area contributed by atoms with Crippen molar-refractivity contribution in [1.29, 1.82) is 5.26 Å². The van der Waals surface area contributed by atoms with Gasteiger partial charge in [-0.1, -0.05) is 12.1 Å². The first-order valence-electron chi connectivity index (χ1n) is 11.1. The largest absolute Gasteiger partial charge is 0.534 e. The molecule has 3 atom stereocenters. The van der Waals surface area contributed by atoms with Crippen molar-refractivity contribution >= 4 is 10.1 Å².